The average molecular weight is 344 g/mol. The third kappa shape index (κ3) is 2.34. The summed E-state index contributed by atoms with van der Waals surface area (Å²) in [7, 11) is 0. The van der Waals surface area contributed by atoms with Gasteiger partial charge in [0.25, 0.3) is 0 Å². The Hall–Kier alpha value is -2.37. The Labute approximate surface area is 145 Å². The fourth-order valence-corrected chi connectivity index (χ4v) is 4.33. The first-order valence-electron chi connectivity index (χ1n) is 8.55. The first kappa shape index (κ1) is 16.1. The minimum Gasteiger partial charge on any atom is -0.399 e. The van der Waals surface area contributed by atoms with Crippen molar-refractivity contribution in [1.29, 1.82) is 0 Å². The number of hydrogen-bond acceptors (Lipinski definition) is 4. The largest absolute Gasteiger partial charge is 0.399 e. The van der Waals surface area contributed by atoms with Crippen LogP contribution in [0.2, 0.25) is 0 Å². The van der Waals surface area contributed by atoms with E-state index in [4.69, 9.17) is 16.5 Å². The van der Waals surface area contributed by atoms with Gasteiger partial charge in [-0.3, -0.25) is 0 Å². The number of hydrogen-bond donors (Lipinski definition) is 2. The van der Waals surface area contributed by atoms with Crippen LogP contribution < -0.4 is 11.5 Å². The number of anilines is 1. The van der Waals surface area contributed by atoms with Gasteiger partial charge in [0.05, 0.1) is 5.69 Å². The van der Waals surface area contributed by atoms with Gasteiger partial charge in [0.2, 0.25) is 5.92 Å². The molecule has 2 heterocycles. The first-order chi connectivity index (χ1) is 11.7. The topological polar surface area (TPSA) is 67.6 Å². The van der Waals surface area contributed by atoms with Gasteiger partial charge in [-0.25, -0.2) is 13.8 Å². The zero-order valence-electron chi connectivity index (χ0n) is 14.1. The first-order valence-corrected chi connectivity index (χ1v) is 8.55. The molecule has 0 atom stereocenters. The van der Waals surface area contributed by atoms with E-state index in [2.05, 4.69) is 18.1 Å². The number of halogens is 2. The van der Waals surface area contributed by atoms with Crippen LogP contribution in [0.15, 0.2) is 30.3 Å². The highest BCUT2D eigenvalue weighted by Gasteiger charge is 2.52. The normalized spacial score (nSPS) is 23.2. The van der Waals surface area contributed by atoms with E-state index in [0.29, 0.717) is 35.5 Å². The molecule has 2 aliphatic heterocycles. The zero-order valence-corrected chi connectivity index (χ0v) is 14.1. The van der Waals surface area contributed by atoms with E-state index in [-0.39, 0.29) is 18.3 Å². The minimum atomic E-state index is -2.56. The molecular formula is C19H22F2N4. The molecule has 6 heteroatoms. The second kappa shape index (κ2) is 5.07. The Bertz CT molecular complexity index is 815. The molecule has 0 radical (unpaired) electrons. The van der Waals surface area contributed by atoms with Crippen LogP contribution in [0.1, 0.15) is 43.2 Å². The summed E-state index contributed by atoms with van der Waals surface area (Å²) in [5.74, 6) is -1.71. The van der Waals surface area contributed by atoms with Gasteiger partial charge in [-0.1, -0.05) is 13.2 Å². The molecule has 1 saturated carbocycles. The number of nitrogen functional groups attached to an aromatic ring is 1. The van der Waals surface area contributed by atoms with E-state index in [1.807, 2.05) is 6.07 Å². The highest BCUT2D eigenvalue weighted by atomic mass is 19.3. The summed E-state index contributed by atoms with van der Waals surface area (Å²) in [5.41, 5.74) is 15.6. The van der Waals surface area contributed by atoms with Crippen molar-refractivity contribution < 1.29 is 8.78 Å². The Morgan fingerprint density at radius 2 is 1.84 bits per heavy atom. The quantitative estimate of drug-likeness (QED) is 0.753. The van der Waals surface area contributed by atoms with Crippen LogP contribution in [-0.2, 0) is 0 Å². The van der Waals surface area contributed by atoms with Gasteiger partial charge in [0.1, 0.15) is 5.84 Å². The molecule has 2 fully saturated rings. The van der Waals surface area contributed by atoms with E-state index < -0.39 is 5.92 Å². The molecule has 3 aliphatic rings. The van der Waals surface area contributed by atoms with Crippen molar-refractivity contribution in [2.24, 2.45) is 16.1 Å². The molecule has 4 rings (SSSR count). The van der Waals surface area contributed by atoms with Gasteiger partial charge < -0.3 is 16.4 Å². The SMILES string of the molecule is C=C(N)c1cc(N)cc2c1N=C1N(CCC13CCC(F)(F)CC3)C2=C. The van der Waals surface area contributed by atoms with Gasteiger partial charge in [-0.2, -0.15) is 0 Å². The summed E-state index contributed by atoms with van der Waals surface area (Å²) in [6, 6.07) is 3.59. The van der Waals surface area contributed by atoms with E-state index in [0.717, 1.165) is 30.1 Å². The second-order valence-corrected chi connectivity index (χ2v) is 7.41. The van der Waals surface area contributed by atoms with E-state index in [9.17, 15) is 8.78 Å². The second-order valence-electron chi connectivity index (χ2n) is 7.41. The molecular weight excluding hydrogens is 322 g/mol. The molecule has 1 spiro atoms. The van der Waals surface area contributed by atoms with Crippen LogP contribution in [-0.4, -0.2) is 23.2 Å². The number of nitrogens with two attached hydrogens (primary N) is 2. The Morgan fingerprint density at radius 3 is 2.48 bits per heavy atom. The molecule has 132 valence electrons. The molecule has 4 N–H and O–H groups in total. The molecule has 0 aromatic heterocycles. The molecule has 0 amide bonds. The van der Waals surface area contributed by atoms with Gasteiger partial charge in [0.15, 0.2) is 0 Å². The van der Waals surface area contributed by atoms with Crippen molar-refractivity contribution in [1.82, 2.24) is 4.90 Å². The fraction of sp³-hybridized carbons (Fsp3) is 0.421. The summed E-state index contributed by atoms with van der Waals surface area (Å²) >= 11 is 0. The number of amidine groups is 1. The lowest BCUT2D eigenvalue weighted by molar-refractivity contribution is -0.0537. The molecule has 4 nitrogen and oxygen atoms in total. The summed E-state index contributed by atoms with van der Waals surface area (Å²) in [6.07, 6.45) is 1.55. The van der Waals surface area contributed by atoms with Crippen LogP contribution >= 0.6 is 0 Å². The number of nitrogens with zero attached hydrogens (tertiary/aromatic N) is 2. The van der Waals surface area contributed by atoms with Crippen molar-refractivity contribution >= 4 is 28.6 Å². The summed E-state index contributed by atoms with van der Waals surface area (Å²) < 4.78 is 27.4. The maximum atomic E-state index is 13.7. The van der Waals surface area contributed by atoms with E-state index in [1.54, 1.807) is 6.07 Å². The predicted molar refractivity (Wildman–Crippen MR) is 97.4 cm³/mol. The van der Waals surface area contributed by atoms with Gasteiger partial charge in [-0.15, -0.1) is 0 Å². The number of alkyl halides is 2. The van der Waals surface area contributed by atoms with Crippen LogP contribution in [0, 0.1) is 5.41 Å². The highest BCUT2D eigenvalue weighted by molar-refractivity contribution is 6.04. The Balaban J connectivity index is 1.84. The molecule has 0 bridgehead atoms. The summed E-state index contributed by atoms with van der Waals surface area (Å²) in [6.45, 7) is 8.78. The molecule has 25 heavy (non-hydrogen) atoms. The average Bonchev–Trinajstić information content (AvgIpc) is 2.90. The standard InChI is InChI=1S/C19H22F2N4/c1-11(22)14-9-13(23)10-15-12(2)25-8-7-18(17(25)24-16(14)15)3-5-19(20,21)6-4-18/h9-10H,1-8,22-23H2. The van der Waals surface area contributed by atoms with E-state index >= 15 is 0 Å². The lowest BCUT2D eigenvalue weighted by Crippen LogP contribution is -2.40. The zero-order chi connectivity index (χ0) is 18.0. The minimum absolute atomic E-state index is 0.0859. The Kier molecular flexibility index (Phi) is 3.27. The summed E-state index contributed by atoms with van der Waals surface area (Å²) in [5, 5.41) is 0. The summed E-state index contributed by atoms with van der Waals surface area (Å²) in [4.78, 5) is 6.95. The van der Waals surface area contributed by atoms with Crippen molar-refractivity contribution in [3.05, 3.63) is 36.4 Å². The number of fused-ring (bicyclic) bond motifs is 3. The number of benzene rings is 1. The Morgan fingerprint density at radius 1 is 1.16 bits per heavy atom. The monoisotopic (exact) mass is 344 g/mol. The number of rotatable bonds is 1. The van der Waals surface area contributed by atoms with Crippen LogP contribution in [0.4, 0.5) is 20.2 Å². The molecule has 0 unspecified atom stereocenters. The van der Waals surface area contributed by atoms with Gasteiger partial charge in [-0.05, 0) is 31.4 Å². The third-order valence-electron chi connectivity index (χ3n) is 5.82. The van der Waals surface area contributed by atoms with Crippen molar-refractivity contribution in [2.45, 2.75) is 38.0 Å². The van der Waals surface area contributed by atoms with Crippen molar-refractivity contribution in [3.63, 3.8) is 0 Å². The van der Waals surface area contributed by atoms with Crippen LogP contribution in [0.25, 0.3) is 11.4 Å². The molecule has 1 aromatic rings. The number of aliphatic imine (C=N–C) groups is 1. The molecule has 1 aromatic carbocycles. The maximum absolute atomic E-state index is 13.7. The fourth-order valence-electron chi connectivity index (χ4n) is 4.33. The van der Waals surface area contributed by atoms with E-state index in [1.165, 1.54) is 0 Å². The smallest absolute Gasteiger partial charge is 0.248 e. The lowest BCUT2D eigenvalue weighted by atomic mass is 9.71. The highest BCUT2D eigenvalue weighted by Crippen LogP contribution is 2.54. The predicted octanol–water partition coefficient (Wildman–Crippen LogP) is 4.11. The van der Waals surface area contributed by atoms with Gasteiger partial charge in [0, 0.05) is 53.0 Å². The van der Waals surface area contributed by atoms with Crippen molar-refractivity contribution in [3.8, 4) is 0 Å². The van der Waals surface area contributed by atoms with Crippen LogP contribution in [0.3, 0.4) is 0 Å². The van der Waals surface area contributed by atoms with Crippen molar-refractivity contribution in [2.75, 3.05) is 12.3 Å². The molecule has 1 saturated heterocycles. The lowest BCUT2D eigenvalue weighted by Gasteiger charge is -2.40. The van der Waals surface area contributed by atoms with Crippen LogP contribution in [0.5, 0.6) is 0 Å². The maximum Gasteiger partial charge on any atom is 0.248 e. The third-order valence-corrected chi connectivity index (χ3v) is 5.82. The van der Waals surface area contributed by atoms with Gasteiger partial charge >= 0.3 is 0 Å². The molecule has 1 aliphatic carbocycles.